The molecule has 14 nitrogen and oxygen atoms in total. The molecule has 0 saturated carbocycles. The number of hydrogen-bond acceptors (Lipinski definition) is 11. The number of halogens is 1. The van der Waals surface area contributed by atoms with Crippen molar-refractivity contribution < 1.29 is 28.7 Å². The van der Waals surface area contributed by atoms with E-state index in [-0.39, 0.29) is 66.4 Å². The molecule has 4 rings (SSSR count). The smallest absolute Gasteiger partial charge is 0.257 e. The number of nitrogens with two attached hydrogens (primary N) is 1. The molecule has 16 heteroatoms. The number of primary amides is 1. The highest BCUT2D eigenvalue weighted by atomic mass is 35.5. The van der Waals surface area contributed by atoms with Crippen molar-refractivity contribution in [3.63, 3.8) is 0 Å². The molecule has 1 aromatic heterocycles. The third-order valence-corrected chi connectivity index (χ3v) is 10.7. The Labute approximate surface area is 335 Å². The fourth-order valence-corrected chi connectivity index (χ4v) is 7.53. The minimum atomic E-state index is -0.909. The van der Waals surface area contributed by atoms with Crippen LogP contribution in [0.25, 0.3) is 0 Å². The zero-order valence-corrected chi connectivity index (χ0v) is 33.4. The normalized spacial score (nSPS) is 14.1. The number of para-hydroxylation sites is 1. The number of nitrogens with zero attached hydrogens (tertiary/aromatic N) is 2. The van der Waals surface area contributed by atoms with Crippen LogP contribution in [0.1, 0.15) is 90.2 Å². The predicted molar refractivity (Wildman–Crippen MR) is 221 cm³/mol. The molecule has 0 saturated heterocycles. The van der Waals surface area contributed by atoms with Crippen LogP contribution in [0.5, 0.6) is 5.75 Å². The quantitative estimate of drug-likeness (QED) is 0.0337. The van der Waals surface area contributed by atoms with Crippen molar-refractivity contribution in [3.8, 4) is 5.75 Å². The number of hydrogen-bond donors (Lipinski definition) is 6. The van der Waals surface area contributed by atoms with E-state index >= 15 is 0 Å². The lowest BCUT2D eigenvalue weighted by Crippen LogP contribution is -2.42. The van der Waals surface area contributed by atoms with E-state index in [1.807, 2.05) is 26.0 Å². The van der Waals surface area contributed by atoms with E-state index in [1.165, 1.54) is 17.4 Å². The average molecular weight is 805 g/mol. The van der Waals surface area contributed by atoms with E-state index in [1.54, 1.807) is 36.1 Å². The van der Waals surface area contributed by atoms with Crippen LogP contribution in [0.4, 0.5) is 10.7 Å². The molecule has 2 aromatic carbocycles. The van der Waals surface area contributed by atoms with Gasteiger partial charge in [0, 0.05) is 46.1 Å². The number of ether oxygens (including phenoxy) is 1. The van der Waals surface area contributed by atoms with E-state index in [2.05, 4.69) is 16.0 Å². The molecule has 0 bridgehead atoms. The minimum absolute atomic E-state index is 0.0360. The van der Waals surface area contributed by atoms with Gasteiger partial charge in [0.25, 0.3) is 5.91 Å². The number of thiophene rings is 1. The third kappa shape index (κ3) is 11.6. The first-order valence-corrected chi connectivity index (χ1v) is 19.7. The second kappa shape index (κ2) is 21.0. The lowest BCUT2D eigenvalue weighted by molar-refractivity contribution is -0.123. The first-order valence-electron chi connectivity index (χ1n) is 18.5. The molecule has 0 aliphatic carbocycles. The van der Waals surface area contributed by atoms with E-state index in [0.29, 0.717) is 36.4 Å². The number of amidine groups is 2. The summed E-state index contributed by atoms with van der Waals surface area (Å²) < 4.78 is 5.67. The summed E-state index contributed by atoms with van der Waals surface area (Å²) in [5.41, 5.74) is 9.25. The van der Waals surface area contributed by atoms with Crippen LogP contribution in [0, 0.1) is 24.7 Å². The van der Waals surface area contributed by atoms with E-state index in [9.17, 15) is 24.0 Å². The van der Waals surface area contributed by atoms with Crippen LogP contribution in [-0.2, 0) is 19.2 Å². The molecule has 2 heterocycles. The first kappa shape index (κ1) is 43.3. The van der Waals surface area contributed by atoms with Gasteiger partial charge in [-0.05, 0) is 69.9 Å². The Balaban J connectivity index is 1.20. The van der Waals surface area contributed by atoms with Gasteiger partial charge in [-0.25, -0.2) is 0 Å². The highest BCUT2D eigenvalue weighted by molar-refractivity contribution is 7.17. The number of carbonyl (C=O) groups is 5. The molecule has 3 aromatic rings. The number of unbranched alkanes of at least 4 members (excludes halogenated alkanes) is 4. The van der Waals surface area contributed by atoms with E-state index in [4.69, 9.17) is 37.9 Å². The number of nitrogens with one attached hydrogen (secondary N) is 5. The number of aryl methyl sites for hydroxylation is 1. The van der Waals surface area contributed by atoms with Gasteiger partial charge in [-0.2, -0.15) is 0 Å². The van der Waals surface area contributed by atoms with Gasteiger partial charge in [0.15, 0.2) is 12.9 Å². The zero-order chi connectivity index (χ0) is 40.8. The molecule has 0 spiro atoms. The third-order valence-electron chi connectivity index (χ3n) is 9.26. The standard InChI is InChI=1S/C40H49ClN8O6S/c1-24-25(2)56-40-35(24)37(27-14-16-29(41)17-15-27)48-31(38(43)49(40)26(3)42)21-33(52)45-18-7-5-4-6-8-19-46-34(53)23-55-32-13-9-11-28(22-51)36(32)47-30(39(44)54)12-10-20-50/h9,11,13-17,20,22,30-31,42-43,47H,4-8,10,12,18-19,21,23H2,1-3H3,(H2,44,54)(H,45,52)(H,46,53)/t30?,31-/m0/s1. The second-order valence-electron chi connectivity index (χ2n) is 13.4. The monoisotopic (exact) mass is 804 g/mol. The van der Waals surface area contributed by atoms with Gasteiger partial charge in [-0.1, -0.05) is 49.1 Å². The van der Waals surface area contributed by atoms with Crippen molar-refractivity contribution >= 4 is 81.3 Å². The molecule has 7 N–H and O–H groups in total. The maximum absolute atomic E-state index is 13.1. The lowest BCUT2D eigenvalue weighted by Gasteiger charge is -2.24. The lowest BCUT2D eigenvalue weighted by atomic mass is 9.99. The average Bonchev–Trinajstić information content (AvgIpc) is 3.38. The number of carbonyl (C=O) groups excluding carboxylic acids is 5. The maximum Gasteiger partial charge on any atom is 0.257 e. The summed E-state index contributed by atoms with van der Waals surface area (Å²) in [6.45, 7) is 6.25. The van der Waals surface area contributed by atoms with Crippen LogP contribution in [0.15, 0.2) is 47.5 Å². The van der Waals surface area contributed by atoms with Gasteiger partial charge in [0.05, 0.1) is 17.8 Å². The zero-order valence-electron chi connectivity index (χ0n) is 31.8. The number of amides is 3. The van der Waals surface area contributed by atoms with Crippen LogP contribution in [0.2, 0.25) is 5.02 Å². The summed E-state index contributed by atoms with van der Waals surface area (Å²) >= 11 is 7.68. The number of rotatable bonds is 21. The van der Waals surface area contributed by atoms with Gasteiger partial charge in [-0.3, -0.25) is 39.9 Å². The summed E-state index contributed by atoms with van der Waals surface area (Å²) in [5, 5.41) is 27.6. The highest BCUT2D eigenvalue weighted by Crippen LogP contribution is 2.40. The van der Waals surface area contributed by atoms with Gasteiger partial charge in [0.2, 0.25) is 11.8 Å². The number of fused-ring (bicyclic) bond motifs is 1. The molecular weight excluding hydrogens is 756 g/mol. The molecule has 0 radical (unpaired) electrons. The molecule has 56 heavy (non-hydrogen) atoms. The molecule has 1 aliphatic rings. The summed E-state index contributed by atoms with van der Waals surface area (Å²) in [4.78, 5) is 67.6. The number of anilines is 2. The molecule has 298 valence electrons. The summed E-state index contributed by atoms with van der Waals surface area (Å²) in [6, 6.07) is 10.3. The fraction of sp³-hybridized carbons (Fsp3) is 0.400. The minimum Gasteiger partial charge on any atom is -0.482 e. The fourth-order valence-electron chi connectivity index (χ4n) is 6.18. The van der Waals surface area contributed by atoms with E-state index < -0.39 is 18.0 Å². The topological polar surface area (TPSA) is 220 Å². The van der Waals surface area contributed by atoms with Crippen molar-refractivity contribution in [2.24, 2.45) is 10.7 Å². The Morgan fingerprint density at radius 1 is 1.02 bits per heavy atom. The Hall–Kier alpha value is -5.41. The first-order chi connectivity index (χ1) is 26.9. The molecule has 3 amide bonds. The Morgan fingerprint density at radius 2 is 1.68 bits per heavy atom. The van der Waals surface area contributed by atoms with Crippen LogP contribution < -0.4 is 31.3 Å². The van der Waals surface area contributed by atoms with Gasteiger partial charge < -0.3 is 31.2 Å². The highest BCUT2D eigenvalue weighted by Gasteiger charge is 2.34. The maximum atomic E-state index is 13.1. The Kier molecular flexibility index (Phi) is 16.3. The summed E-state index contributed by atoms with van der Waals surface area (Å²) in [6.07, 6.45) is 5.60. The van der Waals surface area contributed by atoms with Crippen LogP contribution in [-0.4, -0.2) is 79.5 Å². The summed E-state index contributed by atoms with van der Waals surface area (Å²) in [7, 11) is 0. The van der Waals surface area contributed by atoms with Gasteiger partial charge in [0.1, 0.15) is 40.8 Å². The van der Waals surface area contributed by atoms with Crippen LogP contribution in [0.3, 0.4) is 0 Å². The van der Waals surface area contributed by atoms with Crippen molar-refractivity contribution in [3.05, 3.63) is 74.6 Å². The van der Waals surface area contributed by atoms with E-state index in [0.717, 1.165) is 58.7 Å². The van der Waals surface area contributed by atoms with Gasteiger partial charge in [-0.15, -0.1) is 11.3 Å². The molecule has 1 aliphatic heterocycles. The Bertz CT molecular complexity index is 1960. The van der Waals surface area contributed by atoms with Crippen molar-refractivity contribution in [1.82, 2.24) is 10.6 Å². The van der Waals surface area contributed by atoms with Crippen molar-refractivity contribution in [2.45, 2.75) is 84.2 Å². The summed E-state index contributed by atoms with van der Waals surface area (Å²) in [5.74, 6) is -0.820. The number of benzene rings is 2. The predicted octanol–water partition coefficient (Wildman–Crippen LogP) is 5.73. The SMILES string of the molecule is CC(=N)N1C(=N)[C@H](CC(=O)NCCCCCCCNC(=O)COc2cccc(C=O)c2NC(CCC=O)C(N)=O)N=C(c2ccc(Cl)cc2)c2c1sc(C)c2C. The van der Waals surface area contributed by atoms with Crippen LogP contribution >= 0.6 is 22.9 Å². The molecule has 2 atom stereocenters. The van der Waals surface area contributed by atoms with Gasteiger partial charge >= 0.3 is 0 Å². The van der Waals surface area contributed by atoms with Crippen molar-refractivity contribution in [2.75, 3.05) is 29.9 Å². The second-order valence-corrected chi connectivity index (χ2v) is 15.1. The molecule has 1 unspecified atom stereocenters. The molecule has 0 fully saturated rings. The Morgan fingerprint density at radius 3 is 2.30 bits per heavy atom. The number of aliphatic imine (C=N–C) groups is 1. The largest absolute Gasteiger partial charge is 0.482 e. The van der Waals surface area contributed by atoms with Crippen molar-refractivity contribution in [1.29, 1.82) is 10.8 Å². The molecular formula is C40H49ClN8O6S. The number of aldehydes is 2.